The summed E-state index contributed by atoms with van der Waals surface area (Å²) in [5.74, 6) is -3.85. The Morgan fingerprint density at radius 2 is 1.38 bits per heavy atom. The second-order valence-corrected chi connectivity index (χ2v) is 3.97. The van der Waals surface area contributed by atoms with Crippen molar-refractivity contribution in [3.05, 3.63) is 35.4 Å². The zero-order valence-corrected chi connectivity index (χ0v) is 12.5. The monoisotopic (exact) mass is 309 g/mol. The third kappa shape index (κ3) is 9.86. The van der Waals surface area contributed by atoms with E-state index in [9.17, 15) is 18.0 Å². The molecule has 0 aliphatic carbocycles. The number of halogens is 3. The van der Waals surface area contributed by atoms with Crippen LogP contribution in [0.4, 0.5) is 13.2 Å². The van der Waals surface area contributed by atoms with Gasteiger partial charge in [-0.3, -0.25) is 4.79 Å². The molecular formula is C14H22F3NO3. The second-order valence-electron chi connectivity index (χ2n) is 3.97. The van der Waals surface area contributed by atoms with Crippen LogP contribution in [0.15, 0.2) is 24.3 Å². The number of amides is 1. The van der Waals surface area contributed by atoms with Crippen LogP contribution in [0, 0.1) is 13.8 Å². The lowest BCUT2D eigenvalue weighted by molar-refractivity contribution is -0.344. The Balaban J connectivity index is 0. The van der Waals surface area contributed by atoms with Crippen LogP contribution >= 0.6 is 0 Å². The van der Waals surface area contributed by atoms with Crippen LogP contribution in [0.3, 0.4) is 0 Å². The first-order valence-electron chi connectivity index (χ1n) is 6.32. The smallest absolute Gasteiger partial charge is 0.357 e. The molecule has 1 aromatic rings. The Morgan fingerprint density at radius 1 is 1.05 bits per heavy atom. The third-order valence-corrected chi connectivity index (χ3v) is 2.10. The topological polar surface area (TPSA) is 69.6 Å². The van der Waals surface area contributed by atoms with E-state index in [0.717, 1.165) is 0 Å². The van der Waals surface area contributed by atoms with Crippen molar-refractivity contribution in [3.63, 3.8) is 0 Å². The van der Waals surface area contributed by atoms with Gasteiger partial charge >= 0.3 is 6.18 Å². The number of aryl methyl sites for hydroxylation is 2. The highest BCUT2D eigenvalue weighted by atomic mass is 19.4. The number of alkyl halides is 3. The predicted octanol–water partition coefficient (Wildman–Crippen LogP) is 2.31. The zero-order chi connectivity index (χ0) is 17.1. The van der Waals surface area contributed by atoms with Gasteiger partial charge in [0.1, 0.15) is 0 Å². The molecule has 0 fully saturated rings. The average Bonchev–Trinajstić information content (AvgIpc) is 2.42. The summed E-state index contributed by atoms with van der Waals surface area (Å²) in [6.45, 7) is 6.92. The molecule has 1 amide bonds. The number of hydrogen-bond acceptors (Lipinski definition) is 3. The van der Waals surface area contributed by atoms with Crippen LogP contribution in [0.25, 0.3) is 0 Å². The van der Waals surface area contributed by atoms with Crippen molar-refractivity contribution in [2.45, 2.75) is 39.7 Å². The summed E-state index contributed by atoms with van der Waals surface area (Å²) in [6.07, 6.45) is -5.23. The summed E-state index contributed by atoms with van der Waals surface area (Å²) in [5.41, 5.74) is 2.66. The molecule has 0 aliphatic heterocycles. The standard InChI is InChI=1S/C8H10.C4H6F3NO3.C2H6/c1-7-3-5-8(2)6-4-7;5-4(6,7)3(10,11)1-8-2-9;1-2/h3-6H,1-2H3;2,10-11H,1H2,(H,8,9);1-2H3. The Kier molecular flexibility index (Phi) is 10.5. The van der Waals surface area contributed by atoms with E-state index in [1.165, 1.54) is 16.4 Å². The Labute approximate surface area is 122 Å². The van der Waals surface area contributed by atoms with Crippen LogP contribution in [0.2, 0.25) is 0 Å². The Hall–Kier alpha value is -1.60. The summed E-state index contributed by atoms with van der Waals surface area (Å²) in [5, 5.41) is 17.9. The first kappa shape index (κ1) is 21.7. The van der Waals surface area contributed by atoms with E-state index in [2.05, 4.69) is 38.1 Å². The maximum atomic E-state index is 11.5. The van der Waals surface area contributed by atoms with Crippen molar-refractivity contribution in [2.75, 3.05) is 6.54 Å². The largest absolute Gasteiger partial charge is 0.444 e. The Morgan fingerprint density at radius 3 is 1.62 bits per heavy atom. The molecule has 0 unspecified atom stereocenters. The molecule has 1 rings (SSSR count). The summed E-state index contributed by atoms with van der Waals surface area (Å²) in [4.78, 5) is 9.48. The van der Waals surface area contributed by atoms with E-state index in [1.807, 2.05) is 13.8 Å². The quantitative estimate of drug-likeness (QED) is 0.593. The predicted molar refractivity (Wildman–Crippen MR) is 74.6 cm³/mol. The fourth-order valence-corrected chi connectivity index (χ4v) is 0.921. The fourth-order valence-electron chi connectivity index (χ4n) is 0.921. The summed E-state index contributed by atoms with van der Waals surface area (Å²) < 4.78 is 34.5. The molecule has 0 heterocycles. The maximum absolute atomic E-state index is 11.5. The second kappa shape index (κ2) is 10.2. The number of nitrogens with one attached hydrogen (secondary N) is 1. The van der Waals surface area contributed by atoms with Crippen LogP contribution in [0.5, 0.6) is 0 Å². The van der Waals surface area contributed by atoms with E-state index >= 15 is 0 Å². The summed E-state index contributed by atoms with van der Waals surface area (Å²) >= 11 is 0. The number of hydrogen-bond donors (Lipinski definition) is 3. The molecule has 4 nitrogen and oxygen atoms in total. The van der Waals surface area contributed by atoms with E-state index in [-0.39, 0.29) is 6.41 Å². The number of aliphatic hydroxyl groups is 2. The van der Waals surface area contributed by atoms with Crippen LogP contribution in [-0.2, 0) is 4.79 Å². The fraction of sp³-hybridized carbons (Fsp3) is 0.500. The number of carbonyl (C=O) groups is 1. The number of rotatable bonds is 3. The van der Waals surface area contributed by atoms with Gasteiger partial charge in [0, 0.05) is 0 Å². The van der Waals surface area contributed by atoms with Crippen molar-refractivity contribution in [1.29, 1.82) is 0 Å². The molecule has 0 saturated carbocycles. The van der Waals surface area contributed by atoms with E-state index in [4.69, 9.17) is 10.2 Å². The molecule has 21 heavy (non-hydrogen) atoms. The van der Waals surface area contributed by atoms with Gasteiger partial charge in [-0.1, -0.05) is 49.2 Å². The number of carbonyl (C=O) groups excluding carboxylic acids is 1. The molecule has 0 bridgehead atoms. The maximum Gasteiger partial charge on any atom is 0.444 e. The van der Waals surface area contributed by atoms with Crippen molar-refractivity contribution >= 4 is 6.41 Å². The minimum atomic E-state index is -5.16. The highest BCUT2D eigenvalue weighted by Gasteiger charge is 2.52. The van der Waals surface area contributed by atoms with Gasteiger partial charge in [-0.05, 0) is 13.8 Å². The normalized spacial score (nSPS) is 10.5. The molecule has 0 aliphatic rings. The molecular weight excluding hydrogens is 287 g/mol. The zero-order valence-electron chi connectivity index (χ0n) is 12.5. The molecule has 0 spiro atoms. The van der Waals surface area contributed by atoms with Crippen molar-refractivity contribution in [2.24, 2.45) is 0 Å². The van der Waals surface area contributed by atoms with Crippen molar-refractivity contribution in [1.82, 2.24) is 5.32 Å². The van der Waals surface area contributed by atoms with Gasteiger partial charge in [-0.2, -0.15) is 13.2 Å². The summed E-state index contributed by atoms with van der Waals surface area (Å²) in [7, 11) is 0. The lowest BCUT2D eigenvalue weighted by Gasteiger charge is -2.23. The molecule has 0 aromatic heterocycles. The summed E-state index contributed by atoms with van der Waals surface area (Å²) in [6, 6.07) is 8.48. The van der Waals surface area contributed by atoms with E-state index in [1.54, 1.807) is 0 Å². The molecule has 0 saturated heterocycles. The van der Waals surface area contributed by atoms with Gasteiger partial charge in [-0.25, -0.2) is 0 Å². The van der Waals surface area contributed by atoms with Gasteiger partial charge in [0.2, 0.25) is 6.41 Å². The molecule has 3 N–H and O–H groups in total. The van der Waals surface area contributed by atoms with E-state index < -0.39 is 18.5 Å². The first-order valence-corrected chi connectivity index (χ1v) is 6.32. The van der Waals surface area contributed by atoms with Gasteiger partial charge < -0.3 is 15.5 Å². The molecule has 7 heteroatoms. The molecule has 0 radical (unpaired) electrons. The van der Waals surface area contributed by atoms with Gasteiger partial charge in [-0.15, -0.1) is 0 Å². The van der Waals surface area contributed by atoms with Crippen LogP contribution in [-0.4, -0.2) is 35.1 Å². The molecule has 0 atom stereocenters. The highest BCUT2D eigenvalue weighted by molar-refractivity contribution is 5.46. The van der Waals surface area contributed by atoms with Crippen molar-refractivity contribution < 1.29 is 28.2 Å². The molecule has 1 aromatic carbocycles. The minimum Gasteiger partial charge on any atom is -0.357 e. The average molecular weight is 309 g/mol. The molecule has 122 valence electrons. The number of benzene rings is 1. The van der Waals surface area contributed by atoms with E-state index in [0.29, 0.717) is 0 Å². The highest BCUT2D eigenvalue weighted by Crippen LogP contribution is 2.26. The van der Waals surface area contributed by atoms with Gasteiger partial charge in [0.05, 0.1) is 6.54 Å². The Bertz CT molecular complexity index is 368. The third-order valence-electron chi connectivity index (χ3n) is 2.10. The lowest BCUT2D eigenvalue weighted by atomic mass is 10.2. The lowest BCUT2D eigenvalue weighted by Crippen LogP contribution is -2.52. The first-order chi connectivity index (χ1) is 9.60. The minimum absolute atomic E-state index is 0.0626. The van der Waals surface area contributed by atoms with Crippen molar-refractivity contribution in [3.8, 4) is 0 Å². The van der Waals surface area contributed by atoms with Crippen LogP contribution in [0.1, 0.15) is 25.0 Å². The van der Waals surface area contributed by atoms with Gasteiger partial charge in [0.25, 0.3) is 5.79 Å². The SMILES string of the molecule is CC.Cc1ccc(C)cc1.O=CNCC(O)(O)C(F)(F)F. The van der Waals surface area contributed by atoms with Gasteiger partial charge in [0.15, 0.2) is 0 Å². The van der Waals surface area contributed by atoms with Crippen LogP contribution < -0.4 is 5.32 Å².